The smallest absolute Gasteiger partial charge is 0.372 e. The lowest BCUT2D eigenvalue weighted by atomic mass is 10.4. The molecule has 0 bridgehead atoms. The molecule has 1 N–H and O–H groups in total. The lowest BCUT2D eigenvalue weighted by Gasteiger charge is -2.01. The summed E-state index contributed by atoms with van der Waals surface area (Å²) in [6.07, 6.45) is 1.53. The van der Waals surface area contributed by atoms with E-state index in [1.165, 1.54) is 17.9 Å². The molecule has 0 radical (unpaired) electrons. The van der Waals surface area contributed by atoms with Crippen LogP contribution in [0.5, 0.6) is 5.88 Å². The predicted molar refractivity (Wildman–Crippen MR) is 52.0 cm³/mol. The van der Waals surface area contributed by atoms with E-state index >= 15 is 0 Å². The average Bonchev–Trinajstić information content (AvgIpc) is 2.56. The highest BCUT2D eigenvalue weighted by Crippen LogP contribution is 2.22. The molecule has 0 aliphatic carbocycles. The molecular weight excluding hydrogens is 198 g/mol. The first-order valence-corrected chi connectivity index (χ1v) is 4.24. The zero-order chi connectivity index (χ0) is 11.0. The minimum absolute atomic E-state index is 0.0312. The zero-order valence-electron chi connectivity index (χ0n) is 8.26. The van der Waals surface area contributed by atoms with Gasteiger partial charge < -0.3 is 14.4 Å². The molecule has 2 heterocycles. The summed E-state index contributed by atoms with van der Waals surface area (Å²) in [5, 5.41) is 8.89. The summed E-state index contributed by atoms with van der Waals surface area (Å²) in [4.78, 5) is 18.8. The molecule has 0 saturated heterocycles. The van der Waals surface area contributed by atoms with Gasteiger partial charge in [0, 0.05) is 13.2 Å². The molecule has 0 unspecified atom stereocenters. The number of aryl methyl sites for hydroxylation is 1. The van der Waals surface area contributed by atoms with Crippen LogP contribution in [0, 0.1) is 0 Å². The van der Waals surface area contributed by atoms with Crippen LogP contribution in [0.25, 0.3) is 11.0 Å². The number of aromatic carboxylic acids is 1. The van der Waals surface area contributed by atoms with Gasteiger partial charge in [-0.05, 0) is 6.07 Å². The van der Waals surface area contributed by atoms with Gasteiger partial charge in [0.1, 0.15) is 5.52 Å². The minimum atomic E-state index is -1.07. The Kier molecular flexibility index (Phi) is 2.03. The Morgan fingerprint density at radius 2 is 2.33 bits per heavy atom. The Labute approximate surface area is 85.1 Å². The van der Waals surface area contributed by atoms with Crippen molar-refractivity contribution in [1.82, 2.24) is 14.5 Å². The third kappa shape index (κ3) is 1.30. The highest BCUT2D eigenvalue weighted by molar-refractivity contribution is 5.91. The summed E-state index contributed by atoms with van der Waals surface area (Å²) in [6, 6.07) is 1.64. The first kappa shape index (κ1) is 9.45. The van der Waals surface area contributed by atoms with Crippen LogP contribution in [0.3, 0.4) is 0 Å². The van der Waals surface area contributed by atoms with Gasteiger partial charge in [0.2, 0.25) is 11.7 Å². The number of pyridine rings is 1. The normalized spacial score (nSPS) is 10.5. The van der Waals surface area contributed by atoms with E-state index in [9.17, 15) is 4.79 Å². The molecule has 15 heavy (non-hydrogen) atoms. The van der Waals surface area contributed by atoms with Crippen LogP contribution >= 0.6 is 0 Å². The fraction of sp³-hybridized carbons (Fsp3) is 0.222. The molecule has 0 aromatic carbocycles. The van der Waals surface area contributed by atoms with Gasteiger partial charge in [-0.1, -0.05) is 0 Å². The van der Waals surface area contributed by atoms with Crippen molar-refractivity contribution in [3.8, 4) is 5.88 Å². The van der Waals surface area contributed by atoms with Crippen molar-refractivity contribution in [3.63, 3.8) is 0 Å². The summed E-state index contributed by atoms with van der Waals surface area (Å²) in [6.45, 7) is 0. The quantitative estimate of drug-likeness (QED) is 0.783. The Hall–Kier alpha value is -2.11. The summed E-state index contributed by atoms with van der Waals surface area (Å²) in [7, 11) is 3.10. The number of aromatic nitrogens is 3. The number of fused-ring (bicyclic) bond motifs is 1. The molecule has 2 aromatic heterocycles. The van der Waals surface area contributed by atoms with Crippen molar-refractivity contribution in [2.75, 3.05) is 7.11 Å². The van der Waals surface area contributed by atoms with Crippen LogP contribution in [0.15, 0.2) is 12.3 Å². The maximum Gasteiger partial charge on any atom is 0.372 e. The maximum atomic E-state index is 10.8. The molecule has 0 saturated carbocycles. The number of nitrogens with zero attached hydrogens (tertiary/aromatic N) is 3. The van der Waals surface area contributed by atoms with Crippen molar-refractivity contribution in [2.45, 2.75) is 0 Å². The molecule has 6 heteroatoms. The zero-order valence-corrected chi connectivity index (χ0v) is 8.26. The lowest BCUT2D eigenvalue weighted by Crippen LogP contribution is -2.06. The van der Waals surface area contributed by atoms with Crippen LogP contribution in [-0.4, -0.2) is 32.7 Å². The Morgan fingerprint density at radius 3 is 2.93 bits per heavy atom. The molecule has 2 rings (SSSR count). The number of methoxy groups -OCH3 is 1. The molecule has 0 aliphatic rings. The van der Waals surface area contributed by atoms with Crippen molar-refractivity contribution in [3.05, 3.63) is 18.1 Å². The molecule has 6 nitrogen and oxygen atoms in total. The second-order valence-corrected chi connectivity index (χ2v) is 2.99. The summed E-state index contributed by atoms with van der Waals surface area (Å²) in [5.74, 6) is -0.734. The van der Waals surface area contributed by atoms with Crippen LogP contribution < -0.4 is 4.74 Å². The van der Waals surface area contributed by atoms with E-state index in [4.69, 9.17) is 9.84 Å². The van der Waals surface area contributed by atoms with E-state index < -0.39 is 5.97 Å². The van der Waals surface area contributed by atoms with Gasteiger partial charge in [-0.15, -0.1) is 0 Å². The van der Waals surface area contributed by atoms with E-state index in [1.807, 2.05) is 0 Å². The van der Waals surface area contributed by atoms with Gasteiger partial charge in [-0.25, -0.2) is 14.8 Å². The van der Waals surface area contributed by atoms with Crippen LogP contribution in [0.4, 0.5) is 0 Å². The largest absolute Gasteiger partial charge is 0.479 e. The summed E-state index contributed by atoms with van der Waals surface area (Å²) >= 11 is 0. The molecule has 78 valence electrons. The van der Waals surface area contributed by atoms with E-state index in [2.05, 4.69) is 9.97 Å². The highest BCUT2D eigenvalue weighted by atomic mass is 16.5. The van der Waals surface area contributed by atoms with Crippen LogP contribution in [-0.2, 0) is 7.05 Å². The molecule has 2 aromatic rings. The van der Waals surface area contributed by atoms with Crippen LogP contribution in [0.1, 0.15) is 10.6 Å². The second kappa shape index (κ2) is 3.23. The topological polar surface area (TPSA) is 77.2 Å². The SMILES string of the molecule is COc1nccc2nc(C(=O)O)n(C)c12. The number of carbonyl (C=O) groups is 1. The number of carboxylic acids is 1. The highest BCUT2D eigenvalue weighted by Gasteiger charge is 2.17. The molecule has 0 fully saturated rings. The van der Waals surface area contributed by atoms with Gasteiger partial charge in [-0.2, -0.15) is 0 Å². The van der Waals surface area contributed by atoms with Gasteiger partial charge >= 0.3 is 5.97 Å². The number of rotatable bonds is 2. The van der Waals surface area contributed by atoms with E-state index in [1.54, 1.807) is 13.1 Å². The van der Waals surface area contributed by atoms with Crippen molar-refractivity contribution in [1.29, 1.82) is 0 Å². The Balaban J connectivity index is 2.82. The molecule has 0 spiro atoms. The van der Waals surface area contributed by atoms with Crippen molar-refractivity contribution < 1.29 is 14.6 Å². The summed E-state index contributed by atoms with van der Waals surface area (Å²) < 4.78 is 6.48. The van der Waals surface area contributed by atoms with E-state index in [-0.39, 0.29) is 5.82 Å². The minimum Gasteiger partial charge on any atom is -0.479 e. The van der Waals surface area contributed by atoms with Gasteiger partial charge in [0.15, 0.2) is 0 Å². The third-order valence-electron chi connectivity index (χ3n) is 2.13. The fourth-order valence-corrected chi connectivity index (χ4v) is 1.47. The molecule has 0 atom stereocenters. The van der Waals surface area contributed by atoms with Gasteiger partial charge in [0.05, 0.1) is 12.6 Å². The van der Waals surface area contributed by atoms with Crippen molar-refractivity contribution in [2.24, 2.45) is 7.05 Å². The lowest BCUT2D eigenvalue weighted by molar-refractivity contribution is 0.0680. The molecular formula is C9H9N3O3. The average molecular weight is 207 g/mol. The predicted octanol–water partition coefficient (Wildman–Crippen LogP) is 0.675. The summed E-state index contributed by atoms with van der Waals surface area (Å²) in [5.41, 5.74) is 1.14. The number of ether oxygens (including phenoxy) is 1. The van der Waals surface area contributed by atoms with Crippen LogP contribution in [0.2, 0.25) is 0 Å². The maximum absolute atomic E-state index is 10.8. The number of carboxylic acid groups (broad SMARTS) is 1. The molecule has 0 amide bonds. The third-order valence-corrected chi connectivity index (χ3v) is 2.13. The number of hydrogen-bond donors (Lipinski definition) is 1. The van der Waals surface area contributed by atoms with Crippen molar-refractivity contribution >= 4 is 17.0 Å². The van der Waals surface area contributed by atoms with E-state index in [0.717, 1.165) is 0 Å². The Morgan fingerprint density at radius 1 is 1.60 bits per heavy atom. The second-order valence-electron chi connectivity index (χ2n) is 2.99. The first-order valence-electron chi connectivity index (χ1n) is 4.24. The Bertz CT molecular complexity index is 533. The fourth-order valence-electron chi connectivity index (χ4n) is 1.47. The monoisotopic (exact) mass is 207 g/mol. The van der Waals surface area contributed by atoms with Gasteiger partial charge in [-0.3, -0.25) is 0 Å². The number of hydrogen-bond acceptors (Lipinski definition) is 4. The number of imidazole rings is 1. The van der Waals surface area contributed by atoms with Gasteiger partial charge in [0.25, 0.3) is 0 Å². The van der Waals surface area contributed by atoms with E-state index in [0.29, 0.717) is 16.9 Å². The standard InChI is InChI=1S/C9H9N3O3/c1-12-6-5(11-7(12)9(13)14)3-4-10-8(6)15-2/h3-4H,1-2H3,(H,13,14). The first-order chi connectivity index (χ1) is 7.15. The molecule has 0 aliphatic heterocycles.